The van der Waals surface area contributed by atoms with Crippen LogP contribution in [0, 0.1) is 0 Å². The first-order chi connectivity index (χ1) is 7.78. The van der Waals surface area contributed by atoms with E-state index < -0.39 is 0 Å². The van der Waals surface area contributed by atoms with Crippen molar-refractivity contribution in [2.24, 2.45) is 0 Å². The van der Waals surface area contributed by atoms with Crippen molar-refractivity contribution >= 4 is 5.91 Å². The average molecular weight is 225 g/mol. The quantitative estimate of drug-likeness (QED) is 0.730. The molecule has 1 amide bonds. The van der Waals surface area contributed by atoms with Gasteiger partial charge in [-0.15, -0.1) is 0 Å². The molecule has 0 aromatic carbocycles. The maximum Gasteiger partial charge on any atom is 0.221 e. The minimum atomic E-state index is 0.237. The number of carbonyl (C=O) groups excluding carboxylic acids is 1. The normalized spacial score (nSPS) is 23.3. The van der Waals surface area contributed by atoms with Crippen molar-refractivity contribution in [2.45, 2.75) is 32.2 Å². The molecular weight excluding hydrogens is 202 g/mol. The Morgan fingerprint density at radius 2 is 1.81 bits per heavy atom. The molecule has 0 spiro atoms. The van der Waals surface area contributed by atoms with E-state index in [2.05, 4.69) is 22.0 Å². The molecule has 4 nitrogen and oxygen atoms in total. The summed E-state index contributed by atoms with van der Waals surface area (Å²) in [7, 11) is 0. The van der Waals surface area contributed by atoms with Gasteiger partial charge in [-0.2, -0.15) is 0 Å². The molecule has 1 heterocycles. The predicted molar refractivity (Wildman–Crippen MR) is 64.3 cm³/mol. The number of nitrogens with zero attached hydrogens (tertiary/aromatic N) is 2. The first kappa shape index (κ1) is 11.9. The predicted octanol–water partition coefficient (Wildman–Crippen LogP) is 0.293. The van der Waals surface area contributed by atoms with E-state index in [9.17, 15) is 4.79 Å². The van der Waals surface area contributed by atoms with Gasteiger partial charge in [-0.05, 0) is 19.4 Å². The van der Waals surface area contributed by atoms with E-state index in [1.165, 1.54) is 12.8 Å². The van der Waals surface area contributed by atoms with Gasteiger partial charge in [-0.3, -0.25) is 4.79 Å². The number of hydrogen-bond acceptors (Lipinski definition) is 3. The second-order valence-corrected chi connectivity index (χ2v) is 4.87. The highest BCUT2D eigenvalue weighted by molar-refractivity contribution is 5.76. The fraction of sp³-hybridized carbons (Fsp3) is 0.917. The van der Waals surface area contributed by atoms with E-state index in [4.69, 9.17) is 0 Å². The van der Waals surface area contributed by atoms with Crippen LogP contribution in [0.1, 0.15) is 26.2 Å². The molecule has 2 aliphatic rings. The second kappa shape index (κ2) is 5.64. The monoisotopic (exact) mass is 225 g/mol. The molecule has 1 saturated carbocycles. The highest BCUT2D eigenvalue weighted by Gasteiger charge is 2.23. The zero-order chi connectivity index (χ0) is 11.4. The lowest BCUT2D eigenvalue weighted by Gasteiger charge is -2.33. The van der Waals surface area contributed by atoms with Gasteiger partial charge < -0.3 is 15.1 Å². The summed E-state index contributed by atoms with van der Waals surface area (Å²) in [5, 5.41) is 3.04. The van der Waals surface area contributed by atoms with Gasteiger partial charge in [-0.25, -0.2) is 0 Å². The molecule has 0 radical (unpaired) electrons. The van der Waals surface area contributed by atoms with E-state index in [1.807, 2.05) is 0 Å². The largest absolute Gasteiger partial charge is 0.353 e. The van der Waals surface area contributed by atoms with Gasteiger partial charge in [0.15, 0.2) is 0 Å². The number of nitrogens with one attached hydrogen (secondary N) is 1. The van der Waals surface area contributed by atoms with Gasteiger partial charge in [0.2, 0.25) is 5.91 Å². The van der Waals surface area contributed by atoms with Crippen molar-refractivity contribution < 1.29 is 4.79 Å². The summed E-state index contributed by atoms with van der Waals surface area (Å²) in [5.41, 5.74) is 0. The van der Waals surface area contributed by atoms with Crippen LogP contribution in [-0.2, 0) is 4.79 Å². The lowest BCUT2D eigenvalue weighted by Crippen LogP contribution is -2.47. The van der Waals surface area contributed by atoms with E-state index in [0.717, 1.165) is 39.3 Å². The minimum absolute atomic E-state index is 0.237. The van der Waals surface area contributed by atoms with Crippen LogP contribution < -0.4 is 5.32 Å². The summed E-state index contributed by atoms with van der Waals surface area (Å²) >= 11 is 0. The van der Waals surface area contributed by atoms with E-state index in [0.29, 0.717) is 12.5 Å². The molecule has 0 bridgehead atoms. The van der Waals surface area contributed by atoms with Crippen LogP contribution in [0.3, 0.4) is 0 Å². The first-order valence-corrected chi connectivity index (χ1v) is 6.52. The Balaban J connectivity index is 1.57. The highest BCUT2D eigenvalue weighted by atomic mass is 16.1. The van der Waals surface area contributed by atoms with Crippen LogP contribution in [-0.4, -0.2) is 61.0 Å². The summed E-state index contributed by atoms with van der Waals surface area (Å²) in [6.07, 6.45) is 3.03. The second-order valence-electron chi connectivity index (χ2n) is 4.87. The molecule has 2 rings (SSSR count). The minimum Gasteiger partial charge on any atom is -0.353 e. The molecule has 4 heteroatoms. The Bertz CT molecular complexity index is 232. The molecule has 0 aromatic rings. The Morgan fingerprint density at radius 3 is 2.38 bits per heavy atom. The molecule has 1 N–H and O–H groups in total. The average Bonchev–Trinajstić information content (AvgIpc) is 3.11. The topological polar surface area (TPSA) is 35.6 Å². The fourth-order valence-corrected chi connectivity index (χ4v) is 2.12. The third-order valence-electron chi connectivity index (χ3n) is 3.51. The molecular formula is C12H23N3O. The van der Waals surface area contributed by atoms with Crippen LogP contribution in [0.25, 0.3) is 0 Å². The van der Waals surface area contributed by atoms with Crippen LogP contribution in [0.15, 0.2) is 0 Å². The summed E-state index contributed by atoms with van der Waals surface area (Å²) in [5.74, 6) is 0.237. The smallest absolute Gasteiger partial charge is 0.221 e. The Morgan fingerprint density at radius 1 is 1.19 bits per heavy atom. The fourth-order valence-electron chi connectivity index (χ4n) is 2.12. The van der Waals surface area contributed by atoms with E-state index >= 15 is 0 Å². The van der Waals surface area contributed by atoms with Crippen molar-refractivity contribution in [1.82, 2.24) is 15.1 Å². The van der Waals surface area contributed by atoms with Gasteiger partial charge in [0.25, 0.3) is 0 Å². The number of carbonyl (C=O) groups is 1. The van der Waals surface area contributed by atoms with Crippen LogP contribution in [0.5, 0.6) is 0 Å². The summed E-state index contributed by atoms with van der Waals surface area (Å²) < 4.78 is 0. The zero-order valence-corrected chi connectivity index (χ0v) is 10.2. The van der Waals surface area contributed by atoms with Gasteiger partial charge in [0, 0.05) is 45.2 Å². The first-order valence-electron chi connectivity index (χ1n) is 6.52. The van der Waals surface area contributed by atoms with Crippen LogP contribution >= 0.6 is 0 Å². The summed E-state index contributed by atoms with van der Waals surface area (Å²) in [4.78, 5) is 16.4. The maximum atomic E-state index is 11.5. The lowest BCUT2D eigenvalue weighted by atomic mass is 10.3. The Hall–Kier alpha value is -0.610. The Kier molecular flexibility index (Phi) is 4.18. The van der Waals surface area contributed by atoms with E-state index in [1.54, 1.807) is 0 Å². The SMILES string of the molecule is CCN1CCN(CCC(=O)NC2CC2)CC1. The maximum absolute atomic E-state index is 11.5. The van der Waals surface area contributed by atoms with Crippen LogP contribution in [0.4, 0.5) is 0 Å². The molecule has 2 fully saturated rings. The molecule has 1 aliphatic carbocycles. The lowest BCUT2D eigenvalue weighted by molar-refractivity contribution is -0.121. The molecule has 16 heavy (non-hydrogen) atoms. The third kappa shape index (κ3) is 3.76. The van der Waals surface area contributed by atoms with E-state index in [-0.39, 0.29) is 5.91 Å². The molecule has 92 valence electrons. The molecule has 1 aliphatic heterocycles. The van der Waals surface area contributed by atoms with Crippen molar-refractivity contribution in [1.29, 1.82) is 0 Å². The number of likely N-dealkylation sites (N-methyl/N-ethyl adjacent to an activating group) is 1. The van der Waals surface area contributed by atoms with Crippen LogP contribution in [0.2, 0.25) is 0 Å². The molecule has 0 aromatic heterocycles. The number of piperazine rings is 1. The van der Waals surface area contributed by atoms with Gasteiger partial charge >= 0.3 is 0 Å². The van der Waals surface area contributed by atoms with Gasteiger partial charge in [-0.1, -0.05) is 6.92 Å². The van der Waals surface area contributed by atoms with Crippen molar-refractivity contribution in [3.63, 3.8) is 0 Å². The van der Waals surface area contributed by atoms with Gasteiger partial charge in [0.1, 0.15) is 0 Å². The van der Waals surface area contributed by atoms with Crippen molar-refractivity contribution in [2.75, 3.05) is 39.3 Å². The molecule has 0 unspecified atom stereocenters. The Labute approximate surface area is 98.0 Å². The molecule has 0 atom stereocenters. The summed E-state index contributed by atoms with van der Waals surface area (Å²) in [6, 6.07) is 0.504. The number of rotatable bonds is 5. The zero-order valence-electron chi connectivity index (χ0n) is 10.2. The van der Waals surface area contributed by atoms with Crippen molar-refractivity contribution in [3.8, 4) is 0 Å². The standard InChI is InChI=1S/C12H23N3O/c1-2-14-7-9-15(10-8-14)6-5-12(16)13-11-3-4-11/h11H,2-10H2,1H3,(H,13,16). The summed E-state index contributed by atoms with van der Waals surface area (Å²) in [6.45, 7) is 8.82. The van der Waals surface area contributed by atoms with Gasteiger partial charge in [0.05, 0.1) is 0 Å². The number of hydrogen-bond donors (Lipinski definition) is 1. The third-order valence-corrected chi connectivity index (χ3v) is 3.51. The molecule has 1 saturated heterocycles. The van der Waals surface area contributed by atoms with Crippen molar-refractivity contribution in [3.05, 3.63) is 0 Å². The highest BCUT2D eigenvalue weighted by Crippen LogP contribution is 2.18. The number of amides is 1.